The van der Waals surface area contributed by atoms with Crippen molar-refractivity contribution in [2.75, 3.05) is 30.3 Å². The van der Waals surface area contributed by atoms with Crippen LogP contribution in [0.25, 0.3) is 0 Å². The van der Waals surface area contributed by atoms with Gasteiger partial charge in [0.05, 0.1) is 18.1 Å². The van der Waals surface area contributed by atoms with Crippen molar-refractivity contribution < 1.29 is 0 Å². The highest BCUT2D eigenvalue weighted by molar-refractivity contribution is 8.00. The van der Waals surface area contributed by atoms with Gasteiger partial charge < -0.3 is 10.2 Å². The molecule has 1 aliphatic heterocycles. The van der Waals surface area contributed by atoms with E-state index < -0.39 is 0 Å². The summed E-state index contributed by atoms with van der Waals surface area (Å²) in [6, 6.07) is 0. The Labute approximate surface area is 120 Å². The third-order valence-corrected chi connectivity index (χ3v) is 4.71. The molecule has 106 valence electrons. The summed E-state index contributed by atoms with van der Waals surface area (Å²) >= 11 is 2.08. The predicted molar refractivity (Wildman–Crippen MR) is 82.8 cm³/mol. The van der Waals surface area contributed by atoms with Crippen LogP contribution in [0.1, 0.15) is 32.4 Å². The monoisotopic (exact) mass is 280 g/mol. The topological polar surface area (TPSA) is 41.1 Å². The van der Waals surface area contributed by atoms with Gasteiger partial charge in [0.25, 0.3) is 0 Å². The lowest BCUT2D eigenvalue weighted by molar-refractivity contribution is 0.660. The molecule has 0 bridgehead atoms. The Bertz CT molecular complexity index is 368. The molecule has 0 amide bonds. The van der Waals surface area contributed by atoms with Crippen molar-refractivity contribution in [3.8, 4) is 0 Å². The summed E-state index contributed by atoms with van der Waals surface area (Å²) < 4.78 is 0. The fourth-order valence-electron chi connectivity index (χ4n) is 2.17. The zero-order chi connectivity index (χ0) is 13.5. The van der Waals surface area contributed by atoms with Crippen LogP contribution in [0.4, 0.5) is 5.82 Å². The van der Waals surface area contributed by atoms with Crippen molar-refractivity contribution in [3.05, 3.63) is 18.1 Å². The Morgan fingerprint density at radius 1 is 1.37 bits per heavy atom. The molecular formula is C14H24N4S. The first-order valence-electron chi connectivity index (χ1n) is 7.21. The standard InChI is InChI=1S/C14H24N4S/c1-3-5-15-8-12-9-17-14(10-16-12)18-6-7-19-13(4-2)11-18/h9-10,13,15H,3-8,11H2,1-2H3. The first-order chi connectivity index (χ1) is 9.33. The van der Waals surface area contributed by atoms with Crippen LogP contribution in [0.2, 0.25) is 0 Å². The molecule has 1 saturated heterocycles. The second-order valence-electron chi connectivity index (χ2n) is 4.89. The summed E-state index contributed by atoms with van der Waals surface area (Å²) in [7, 11) is 0. The highest BCUT2D eigenvalue weighted by atomic mass is 32.2. The van der Waals surface area contributed by atoms with Crippen LogP contribution in [0.5, 0.6) is 0 Å². The van der Waals surface area contributed by atoms with Crippen molar-refractivity contribution in [2.45, 2.75) is 38.5 Å². The number of thioether (sulfide) groups is 1. The molecule has 1 fully saturated rings. The van der Waals surface area contributed by atoms with Gasteiger partial charge in [-0.05, 0) is 19.4 Å². The molecule has 1 aromatic heterocycles. The molecule has 1 aliphatic rings. The summed E-state index contributed by atoms with van der Waals surface area (Å²) in [6.07, 6.45) is 6.20. The Morgan fingerprint density at radius 3 is 2.95 bits per heavy atom. The fraction of sp³-hybridized carbons (Fsp3) is 0.714. The summed E-state index contributed by atoms with van der Waals surface area (Å²) in [5.74, 6) is 2.22. The Kier molecular flexibility index (Phi) is 5.92. The van der Waals surface area contributed by atoms with E-state index >= 15 is 0 Å². The average molecular weight is 280 g/mol. The minimum atomic E-state index is 0.737. The molecule has 0 aliphatic carbocycles. The zero-order valence-electron chi connectivity index (χ0n) is 11.9. The van der Waals surface area contributed by atoms with Crippen molar-refractivity contribution in [2.24, 2.45) is 0 Å². The number of hydrogen-bond donors (Lipinski definition) is 1. The van der Waals surface area contributed by atoms with Gasteiger partial charge in [-0.25, -0.2) is 4.98 Å². The molecule has 19 heavy (non-hydrogen) atoms. The number of nitrogens with one attached hydrogen (secondary N) is 1. The van der Waals surface area contributed by atoms with Crippen molar-refractivity contribution in [3.63, 3.8) is 0 Å². The summed E-state index contributed by atoms with van der Waals surface area (Å²) in [5.41, 5.74) is 1.02. The summed E-state index contributed by atoms with van der Waals surface area (Å²) in [5, 5.41) is 4.08. The molecule has 5 heteroatoms. The maximum absolute atomic E-state index is 4.56. The molecule has 1 atom stereocenters. The third-order valence-electron chi connectivity index (χ3n) is 3.34. The smallest absolute Gasteiger partial charge is 0.147 e. The second-order valence-corrected chi connectivity index (χ2v) is 6.30. The van der Waals surface area contributed by atoms with Crippen LogP contribution in [0.3, 0.4) is 0 Å². The molecule has 0 aromatic carbocycles. The SMILES string of the molecule is CCCNCc1cnc(N2CCSC(CC)C2)cn1. The Morgan fingerprint density at radius 2 is 2.26 bits per heavy atom. The van der Waals surface area contributed by atoms with Gasteiger partial charge in [-0.15, -0.1) is 0 Å². The van der Waals surface area contributed by atoms with E-state index in [9.17, 15) is 0 Å². The van der Waals surface area contributed by atoms with Crippen LogP contribution in [-0.2, 0) is 6.54 Å². The van der Waals surface area contributed by atoms with Gasteiger partial charge in [0.1, 0.15) is 5.82 Å². The summed E-state index contributed by atoms with van der Waals surface area (Å²) in [6.45, 7) is 8.46. The van der Waals surface area contributed by atoms with Gasteiger partial charge in [-0.3, -0.25) is 4.98 Å². The van der Waals surface area contributed by atoms with E-state index in [0.29, 0.717) is 0 Å². The maximum Gasteiger partial charge on any atom is 0.147 e. The van der Waals surface area contributed by atoms with Crippen LogP contribution < -0.4 is 10.2 Å². The third kappa shape index (κ3) is 4.35. The van der Waals surface area contributed by atoms with Gasteiger partial charge in [0, 0.05) is 30.6 Å². The van der Waals surface area contributed by atoms with Gasteiger partial charge in [-0.1, -0.05) is 13.8 Å². The lowest BCUT2D eigenvalue weighted by Crippen LogP contribution is -2.38. The van der Waals surface area contributed by atoms with Crippen LogP contribution in [0, 0.1) is 0 Å². The molecule has 1 unspecified atom stereocenters. The number of rotatable bonds is 6. The maximum atomic E-state index is 4.56. The molecule has 4 nitrogen and oxygen atoms in total. The number of hydrogen-bond acceptors (Lipinski definition) is 5. The van der Waals surface area contributed by atoms with Gasteiger partial charge in [0.15, 0.2) is 0 Å². The fourth-order valence-corrected chi connectivity index (χ4v) is 3.35. The molecule has 0 spiro atoms. The quantitative estimate of drug-likeness (QED) is 0.810. The highest BCUT2D eigenvalue weighted by Gasteiger charge is 2.19. The number of aromatic nitrogens is 2. The lowest BCUT2D eigenvalue weighted by atomic mass is 10.3. The van der Waals surface area contributed by atoms with E-state index in [4.69, 9.17) is 0 Å². The second kappa shape index (κ2) is 7.70. The normalized spacial score (nSPS) is 19.7. The van der Waals surface area contributed by atoms with Crippen LogP contribution >= 0.6 is 11.8 Å². The molecule has 0 radical (unpaired) electrons. The molecular weight excluding hydrogens is 256 g/mol. The van der Waals surface area contributed by atoms with Crippen molar-refractivity contribution >= 4 is 17.6 Å². The van der Waals surface area contributed by atoms with E-state index in [1.54, 1.807) is 0 Å². The minimum Gasteiger partial charge on any atom is -0.353 e. The Balaban J connectivity index is 1.90. The van der Waals surface area contributed by atoms with Crippen molar-refractivity contribution in [1.82, 2.24) is 15.3 Å². The largest absolute Gasteiger partial charge is 0.353 e. The number of nitrogens with zero attached hydrogens (tertiary/aromatic N) is 3. The van der Waals surface area contributed by atoms with Gasteiger partial charge in [-0.2, -0.15) is 11.8 Å². The molecule has 0 saturated carbocycles. The van der Waals surface area contributed by atoms with E-state index in [2.05, 4.69) is 45.8 Å². The molecule has 2 rings (SSSR count). The van der Waals surface area contributed by atoms with Crippen LogP contribution in [0.15, 0.2) is 12.4 Å². The molecule has 1 N–H and O–H groups in total. The van der Waals surface area contributed by atoms with Gasteiger partial charge >= 0.3 is 0 Å². The van der Waals surface area contributed by atoms with E-state index in [0.717, 1.165) is 49.4 Å². The van der Waals surface area contributed by atoms with Gasteiger partial charge in [0.2, 0.25) is 0 Å². The van der Waals surface area contributed by atoms with E-state index in [-0.39, 0.29) is 0 Å². The predicted octanol–water partition coefficient (Wildman–Crippen LogP) is 2.31. The lowest BCUT2D eigenvalue weighted by Gasteiger charge is -2.32. The van der Waals surface area contributed by atoms with Crippen LogP contribution in [-0.4, -0.2) is 40.6 Å². The van der Waals surface area contributed by atoms with E-state index in [1.807, 2.05) is 12.4 Å². The van der Waals surface area contributed by atoms with E-state index in [1.165, 1.54) is 12.2 Å². The molecule has 2 heterocycles. The molecule has 1 aromatic rings. The minimum absolute atomic E-state index is 0.737. The first kappa shape index (κ1) is 14.6. The van der Waals surface area contributed by atoms with Crippen molar-refractivity contribution in [1.29, 1.82) is 0 Å². The zero-order valence-corrected chi connectivity index (χ0v) is 12.7. The highest BCUT2D eigenvalue weighted by Crippen LogP contribution is 2.24. The first-order valence-corrected chi connectivity index (χ1v) is 8.26. The summed E-state index contributed by atoms with van der Waals surface area (Å²) in [4.78, 5) is 11.4. The Hall–Kier alpha value is -0.810. The average Bonchev–Trinajstić information content (AvgIpc) is 2.48. The number of anilines is 1.